The lowest BCUT2D eigenvalue weighted by Gasteiger charge is -2.39. The molecule has 0 spiro atoms. The van der Waals surface area contributed by atoms with Gasteiger partial charge in [-0.2, -0.15) is 0 Å². The van der Waals surface area contributed by atoms with Gasteiger partial charge in [-0.25, -0.2) is 14.6 Å². The predicted octanol–water partition coefficient (Wildman–Crippen LogP) is 6.35. The molecule has 41 heavy (non-hydrogen) atoms. The number of aromatic nitrogens is 1. The molecule has 1 saturated carbocycles. The number of carbonyl (C=O) groups is 2. The van der Waals surface area contributed by atoms with E-state index in [1.807, 2.05) is 24.4 Å². The molecule has 1 unspecified atom stereocenters. The molecular formula is C33H38N4O4. The van der Waals surface area contributed by atoms with Crippen molar-refractivity contribution in [1.29, 1.82) is 0 Å². The second-order valence-electron chi connectivity index (χ2n) is 11.5. The number of likely N-dealkylation sites (tertiary alicyclic amines) is 1. The zero-order valence-corrected chi connectivity index (χ0v) is 23.4. The molecule has 3 aliphatic rings. The maximum Gasteiger partial charge on any atom is 0.335 e. The zero-order valence-electron chi connectivity index (χ0n) is 23.4. The van der Waals surface area contributed by atoms with E-state index in [0.29, 0.717) is 17.7 Å². The summed E-state index contributed by atoms with van der Waals surface area (Å²) < 4.78 is 5.78. The molecule has 1 atom stereocenters. The summed E-state index contributed by atoms with van der Waals surface area (Å²) in [4.78, 5) is 36.2. The average Bonchev–Trinajstić information content (AvgIpc) is 3.36. The Bertz CT molecular complexity index is 1320. The topological polar surface area (TPSA) is 86.2 Å². The number of carbonyl (C=O) groups excluding carboxylic acids is 1. The molecule has 0 bridgehead atoms. The van der Waals surface area contributed by atoms with Crippen molar-refractivity contribution in [3.63, 3.8) is 0 Å². The summed E-state index contributed by atoms with van der Waals surface area (Å²) >= 11 is 0. The van der Waals surface area contributed by atoms with Gasteiger partial charge in [-0.1, -0.05) is 55.7 Å². The Hall–Kier alpha value is -3.91. The molecule has 2 aliphatic heterocycles. The smallest absolute Gasteiger partial charge is 0.335 e. The number of ether oxygens (including phenoxy) is 1. The summed E-state index contributed by atoms with van der Waals surface area (Å²) in [6, 6.07) is 21.7. The van der Waals surface area contributed by atoms with Crippen molar-refractivity contribution >= 4 is 12.0 Å². The Morgan fingerprint density at radius 2 is 1.61 bits per heavy atom. The Morgan fingerprint density at radius 3 is 2.27 bits per heavy atom. The lowest BCUT2D eigenvalue weighted by atomic mass is 9.94. The quantitative estimate of drug-likeness (QED) is 0.349. The van der Waals surface area contributed by atoms with Crippen LogP contribution < -0.4 is 4.74 Å². The van der Waals surface area contributed by atoms with E-state index in [0.717, 1.165) is 57.4 Å². The van der Waals surface area contributed by atoms with Gasteiger partial charge < -0.3 is 19.6 Å². The number of nitrogens with zero attached hydrogens (tertiary/aromatic N) is 4. The number of benzene rings is 2. The highest BCUT2D eigenvalue weighted by molar-refractivity contribution is 5.87. The Kier molecular flexibility index (Phi) is 8.19. The number of rotatable bonds is 8. The molecule has 0 radical (unpaired) electrons. The van der Waals surface area contributed by atoms with Crippen LogP contribution >= 0.6 is 0 Å². The third-order valence-electron chi connectivity index (χ3n) is 8.85. The highest BCUT2D eigenvalue weighted by atomic mass is 16.5. The van der Waals surface area contributed by atoms with Gasteiger partial charge in [0, 0.05) is 50.5 Å². The summed E-state index contributed by atoms with van der Waals surface area (Å²) in [5.74, 6) is 0.0507. The standard InChI is InChI=1S/C33H38N4O4/c38-32(39)26-12-14-29(15-13-26)41-31-16-11-24(21-34-31)22-35-19-17-28(18-20-35)37-30(25-7-3-1-4-8-25)23-36(33(37)40)27-9-5-2-6-10-27/h1,3-4,7-8,11-16,21,27-28,30H,2,5-6,9-10,17-20,22-23H2,(H,38,39). The van der Waals surface area contributed by atoms with Crippen LogP contribution in [0.3, 0.4) is 0 Å². The van der Waals surface area contributed by atoms with Gasteiger partial charge in [0.05, 0.1) is 11.6 Å². The first-order chi connectivity index (χ1) is 20.0. The monoisotopic (exact) mass is 554 g/mol. The summed E-state index contributed by atoms with van der Waals surface area (Å²) in [7, 11) is 0. The molecular weight excluding hydrogens is 516 g/mol. The first-order valence-corrected chi connectivity index (χ1v) is 14.9. The molecule has 3 fully saturated rings. The second kappa shape index (κ2) is 12.3. The third kappa shape index (κ3) is 6.22. The number of urea groups is 1. The summed E-state index contributed by atoms with van der Waals surface area (Å²) in [5, 5.41) is 9.05. The minimum Gasteiger partial charge on any atom is -0.478 e. The molecule has 6 rings (SSSR count). The van der Waals surface area contributed by atoms with E-state index in [9.17, 15) is 9.59 Å². The Morgan fingerprint density at radius 1 is 0.878 bits per heavy atom. The number of carboxylic acid groups (broad SMARTS) is 1. The number of hydrogen-bond donors (Lipinski definition) is 1. The molecule has 2 saturated heterocycles. The normalized spacial score (nSPS) is 20.9. The number of carboxylic acids is 1. The van der Waals surface area contributed by atoms with Gasteiger partial charge in [0.2, 0.25) is 5.88 Å². The van der Waals surface area contributed by atoms with Gasteiger partial charge in [-0.3, -0.25) is 4.90 Å². The molecule has 2 aromatic carbocycles. The van der Waals surface area contributed by atoms with Crippen LogP contribution in [0.1, 0.15) is 72.5 Å². The number of aromatic carboxylic acids is 1. The lowest BCUT2D eigenvalue weighted by molar-refractivity contribution is 0.0696. The first kappa shape index (κ1) is 27.3. The maximum atomic E-state index is 13.9. The van der Waals surface area contributed by atoms with Crippen molar-refractivity contribution in [3.8, 4) is 11.6 Å². The molecule has 214 valence electrons. The predicted molar refractivity (Wildman–Crippen MR) is 156 cm³/mol. The van der Waals surface area contributed by atoms with Crippen LogP contribution in [0.15, 0.2) is 72.9 Å². The SMILES string of the molecule is O=C(O)c1ccc(Oc2ccc(CN3CCC(N4C(=O)N(C5CCCCC5)CC4c4ccccc4)CC3)cn2)cc1. The zero-order chi connectivity index (χ0) is 28.2. The fraction of sp³-hybridized carbons (Fsp3) is 0.424. The highest BCUT2D eigenvalue weighted by Crippen LogP contribution is 2.38. The van der Waals surface area contributed by atoms with Gasteiger partial charge in [0.15, 0.2) is 0 Å². The molecule has 8 nitrogen and oxygen atoms in total. The Balaban J connectivity index is 1.06. The number of amides is 2. The minimum absolute atomic E-state index is 0.124. The van der Waals surface area contributed by atoms with E-state index in [1.165, 1.54) is 37.0 Å². The minimum atomic E-state index is -0.965. The fourth-order valence-electron chi connectivity index (χ4n) is 6.65. The molecule has 2 amide bonds. The molecule has 1 aromatic heterocycles. The van der Waals surface area contributed by atoms with Gasteiger partial charge in [-0.15, -0.1) is 0 Å². The van der Waals surface area contributed by atoms with Crippen LogP contribution in [0.5, 0.6) is 11.6 Å². The largest absolute Gasteiger partial charge is 0.478 e. The maximum absolute atomic E-state index is 13.9. The van der Waals surface area contributed by atoms with Crippen molar-refractivity contribution in [2.75, 3.05) is 19.6 Å². The van der Waals surface area contributed by atoms with Gasteiger partial charge >= 0.3 is 12.0 Å². The average molecular weight is 555 g/mol. The van der Waals surface area contributed by atoms with Crippen molar-refractivity contribution in [2.45, 2.75) is 69.6 Å². The van der Waals surface area contributed by atoms with E-state index >= 15 is 0 Å². The van der Waals surface area contributed by atoms with Gasteiger partial charge in [0.1, 0.15) is 5.75 Å². The van der Waals surface area contributed by atoms with Crippen LogP contribution in [-0.4, -0.2) is 68.5 Å². The van der Waals surface area contributed by atoms with E-state index in [-0.39, 0.29) is 23.7 Å². The van der Waals surface area contributed by atoms with Crippen LogP contribution in [0.4, 0.5) is 4.79 Å². The summed E-state index contributed by atoms with van der Waals surface area (Å²) in [6.07, 6.45) is 9.78. The van der Waals surface area contributed by atoms with E-state index in [4.69, 9.17) is 9.84 Å². The molecule has 1 N–H and O–H groups in total. The second-order valence-corrected chi connectivity index (χ2v) is 11.5. The molecule has 1 aliphatic carbocycles. The van der Waals surface area contributed by atoms with E-state index in [2.05, 4.69) is 43.9 Å². The number of pyridine rings is 1. The molecule has 8 heteroatoms. The van der Waals surface area contributed by atoms with E-state index in [1.54, 1.807) is 12.1 Å². The number of hydrogen-bond acceptors (Lipinski definition) is 5. The Labute approximate surface area is 241 Å². The van der Waals surface area contributed by atoms with E-state index < -0.39 is 5.97 Å². The first-order valence-electron chi connectivity index (χ1n) is 14.9. The highest BCUT2D eigenvalue weighted by Gasteiger charge is 2.45. The summed E-state index contributed by atoms with van der Waals surface area (Å²) in [5.41, 5.74) is 2.57. The number of piperidine rings is 1. The van der Waals surface area contributed by atoms with Gasteiger partial charge in [-0.05, 0) is 61.1 Å². The van der Waals surface area contributed by atoms with Crippen LogP contribution in [0, 0.1) is 0 Å². The van der Waals surface area contributed by atoms with Crippen molar-refractivity contribution < 1.29 is 19.4 Å². The third-order valence-corrected chi connectivity index (χ3v) is 8.85. The summed E-state index contributed by atoms with van der Waals surface area (Å²) in [6.45, 7) is 3.48. The molecule has 3 heterocycles. The van der Waals surface area contributed by atoms with Crippen LogP contribution in [0.25, 0.3) is 0 Å². The van der Waals surface area contributed by atoms with Crippen molar-refractivity contribution in [1.82, 2.24) is 19.7 Å². The van der Waals surface area contributed by atoms with Crippen LogP contribution in [0.2, 0.25) is 0 Å². The van der Waals surface area contributed by atoms with Crippen molar-refractivity contribution in [2.24, 2.45) is 0 Å². The van der Waals surface area contributed by atoms with Crippen LogP contribution in [-0.2, 0) is 6.54 Å². The lowest BCUT2D eigenvalue weighted by Crippen LogP contribution is -2.48. The fourth-order valence-corrected chi connectivity index (χ4v) is 6.65. The van der Waals surface area contributed by atoms with Crippen molar-refractivity contribution in [3.05, 3.63) is 89.6 Å². The molecule has 3 aromatic rings. The van der Waals surface area contributed by atoms with Gasteiger partial charge in [0.25, 0.3) is 0 Å².